The quantitative estimate of drug-likeness (QED) is 0.551. The van der Waals surface area contributed by atoms with Crippen molar-refractivity contribution < 1.29 is 23.5 Å². The fraction of sp³-hybridized carbons (Fsp3) is 0.190. The van der Waals surface area contributed by atoms with Gasteiger partial charge in [-0.25, -0.2) is 9.18 Å². The highest BCUT2D eigenvalue weighted by atomic mass is 32.1. The highest BCUT2D eigenvalue weighted by Gasteiger charge is 2.32. The Morgan fingerprint density at radius 2 is 2.13 bits per heavy atom. The molecule has 1 atom stereocenters. The fourth-order valence-corrected chi connectivity index (χ4v) is 5.11. The molecule has 0 aliphatic carbocycles. The summed E-state index contributed by atoms with van der Waals surface area (Å²) in [6, 6.07) is 7.70. The molecule has 2 aromatic heterocycles. The molecule has 1 aliphatic rings. The lowest BCUT2D eigenvalue weighted by Crippen LogP contribution is -2.31. The molecule has 3 heterocycles. The van der Waals surface area contributed by atoms with E-state index in [2.05, 4.69) is 10.6 Å². The average molecular weight is 445 g/mol. The first kappa shape index (κ1) is 20.2. The van der Waals surface area contributed by atoms with E-state index in [0.29, 0.717) is 16.1 Å². The molecule has 1 aliphatic heterocycles. The van der Waals surface area contributed by atoms with Gasteiger partial charge in [0.25, 0.3) is 0 Å². The minimum Gasteiger partial charge on any atom is -0.462 e. The van der Waals surface area contributed by atoms with E-state index in [-0.39, 0.29) is 30.2 Å². The lowest BCUT2D eigenvalue weighted by atomic mass is 9.89. The molecule has 9 heteroatoms. The number of nitrogens with one attached hydrogen (secondary N) is 2. The number of halogens is 1. The first-order valence-electron chi connectivity index (χ1n) is 9.20. The number of fused-ring (bicyclic) bond motifs is 1. The van der Waals surface area contributed by atoms with Gasteiger partial charge in [-0.2, -0.15) is 0 Å². The lowest BCUT2D eigenvalue weighted by Gasteiger charge is -2.24. The maximum atomic E-state index is 13.5. The number of benzene rings is 1. The van der Waals surface area contributed by atoms with Gasteiger partial charge in [-0.05, 0) is 36.1 Å². The number of thiophene rings is 2. The highest BCUT2D eigenvalue weighted by molar-refractivity contribution is 7.17. The van der Waals surface area contributed by atoms with Crippen molar-refractivity contribution in [1.29, 1.82) is 0 Å². The second-order valence-electron chi connectivity index (χ2n) is 6.58. The van der Waals surface area contributed by atoms with E-state index in [9.17, 15) is 18.8 Å². The summed E-state index contributed by atoms with van der Waals surface area (Å²) in [5.74, 6) is -2.64. The van der Waals surface area contributed by atoms with Crippen LogP contribution in [0.2, 0.25) is 0 Å². The van der Waals surface area contributed by atoms with E-state index >= 15 is 0 Å². The van der Waals surface area contributed by atoms with Crippen LogP contribution >= 0.6 is 22.7 Å². The summed E-state index contributed by atoms with van der Waals surface area (Å²) in [5, 5.41) is 9.43. The summed E-state index contributed by atoms with van der Waals surface area (Å²) in [6.45, 7) is 1.91. The highest BCUT2D eigenvalue weighted by Crippen LogP contribution is 2.40. The van der Waals surface area contributed by atoms with Gasteiger partial charge in [-0.1, -0.05) is 12.1 Å². The van der Waals surface area contributed by atoms with Gasteiger partial charge >= 0.3 is 5.97 Å². The molecule has 6 nitrogen and oxygen atoms in total. The monoisotopic (exact) mass is 444 g/mol. The van der Waals surface area contributed by atoms with Crippen LogP contribution in [0.3, 0.4) is 0 Å². The molecule has 2 amide bonds. The maximum absolute atomic E-state index is 13.5. The number of esters is 1. The van der Waals surface area contributed by atoms with E-state index in [4.69, 9.17) is 4.74 Å². The Balaban J connectivity index is 1.67. The lowest BCUT2D eigenvalue weighted by molar-refractivity contribution is -0.123. The number of hydrogen-bond acceptors (Lipinski definition) is 6. The van der Waals surface area contributed by atoms with Crippen molar-refractivity contribution in [3.8, 4) is 10.4 Å². The second kappa shape index (κ2) is 8.37. The van der Waals surface area contributed by atoms with Crippen molar-refractivity contribution in [2.45, 2.75) is 19.3 Å². The standard InChI is InChI=1S/C21H17FN2O4S2/c1-2-28-21(27)18-14(16-4-3-7-29-16)10-30-20(18)24-19(26)13-9-17(25)23-15-8-11(22)5-6-12(13)15/h3-8,10,13H,2,9H2,1H3,(H,23,25)(H,24,26). The van der Waals surface area contributed by atoms with Crippen LogP contribution in [0, 0.1) is 5.82 Å². The largest absolute Gasteiger partial charge is 0.462 e. The summed E-state index contributed by atoms with van der Waals surface area (Å²) < 4.78 is 18.7. The summed E-state index contributed by atoms with van der Waals surface area (Å²) in [7, 11) is 0. The summed E-state index contributed by atoms with van der Waals surface area (Å²) >= 11 is 2.69. The van der Waals surface area contributed by atoms with Crippen molar-refractivity contribution >= 4 is 51.1 Å². The van der Waals surface area contributed by atoms with E-state index in [0.717, 1.165) is 4.88 Å². The number of anilines is 2. The van der Waals surface area contributed by atoms with Crippen molar-refractivity contribution in [2.75, 3.05) is 17.2 Å². The third-order valence-electron chi connectivity index (χ3n) is 4.66. The Morgan fingerprint density at radius 1 is 1.30 bits per heavy atom. The molecule has 0 saturated carbocycles. The molecule has 154 valence electrons. The van der Waals surface area contributed by atoms with Gasteiger partial charge in [0.05, 0.1) is 12.5 Å². The molecule has 1 aromatic carbocycles. The Labute approximate surface area is 179 Å². The number of carbonyl (C=O) groups is 3. The van der Waals surface area contributed by atoms with E-state index < -0.39 is 23.6 Å². The summed E-state index contributed by atoms with van der Waals surface area (Å²) in [4.78, 5) is 38.6. The van der Waals surface area contributed by atoms with Crippen LogP contribution < -0.4 is 10.6 Å². The maximum Gasteiger partial charge on any atom is 0.341 e. The van der Waals surface area contributed by atoms with Crippen LogP contribution in [-0.2, 0) is 14.3 Å². The third kappa shape index (κ3) is 3.86. The SMILES string of the molecule is CCOC(=O)c1c(-c2cccs2)csc1NC(=O)C1CC(=O)Nc2cc(F)ccc21. The summed E-state index contributed by atoms with van der Waals surface area (Å²) in [5.41, 5.74) is 1.79. The number of hydrogen-bond donors (Lipinski definition) is 2. The van der Waals surface area contributed by atoms with Gasteiger partial charge in [-0.3, -0.25) is 9.59 Å². The summed E-state index contributed by atoms with van der Waals surface area (Å²) in [6.07, 6.45) is -0.0671. The number of carbonyl (C=O) groups excluding carboxylic acids is 3. The zero-order valence-electron chi connectivity index (χ0n) is 15.9. The van der Waals surface area contributed by atoms with Gasteiger partial charge < -0.3 is 15.4 Å². The first-order valence-corrected chi connectivity index (χ1v) is 11.0. The predicted molar refractivity (Wildman–Crippen MR) is 115 cm³/mol. The van der Waals surface area contributed by atoms with Gasteiger partial charge in [0, 0.05) is 27.9 Å². The molecule has 3 aromatic rings. The predicted octanol–water partition coefficient (Wildman–Crippen LogP) is 4.86. The van der Waals surface area contributed by atoms with Crippen LogP contribution in [0.15, 0.2) is 41.1 Å². The number of amides is 2. The minimum atomic E-state index is -0.795. The molecule has 0 saturated heterocycles. The van der Waals surface area contributed by atoms with Gasteiger partial charge in [-0.15, -0.1) is 22.7 Å². The molecule has 0 spiro atoms. The van der Waals surface area contributed by atoms with E-state index in [1.165, 1.54) is 40.9 Å². The van der Waals surface area contributed by atoms with Crippen LogP contribution in [-0.4, -0.2) is 24.4 Å². The molecule has 4 rings (SSSR count). The molecule has 2 N–H and O–H groups in total. The zero-order valence-corrected chi connectivity index (χ0v) is 17.5. The van der Waals surface area contributed by atoms with Crippen LogP contribution in [0.1, 0.15) is 35.2 Å². The Bertz CT molecular complexity index is 1120. The first-order chi connectivity index (χ1) is 14.5. The van der Waals surface area contributed by atoms with E-state index in [1.54, 1.807) is 12.3 Å². The van der Waals surface area contributed by atoms with Crippen molar-refractivity contribution in [3.05, 3.63) is 58.0 Å². The van der Waals surface area contributed by atoms with Crippen molar-refractivity contribution in [1.82, 2.24) is 0 Å². The Morgan fingerprint density at radius 3 is 2.87 bits per heavy atom. The van der Waals surface area contributed by atoms with Gasteiger partial charge in [0.2, 0.25) is 11.8 Å². The van der Waals surface area contributed by atoms with E-state index in [1.807, 2.05) is 17.5 Å². The molecule has 30 heavy (non-hydrogen) atoms. The molecular weight excluding hydrogens is 427 g/mol. The van der Waals surface area contributed by atoms with Crippen molar-refractivity contribution in [3.63, 3.8) is 0 Å². The molecule has 1 unspecified atom stereocenters. The Kier molecular flexibility index (Phi) is 5.65. The minimum absolute atomic E-state index is 0.0671. The van der Waals surface area contributed by atoms with Crippen LogP contribution in [0.4, 0.5) is 15.1 Å². The zero-order chi connectivity index (χ0) is 21.3. The van der Waals surface area contributed by atoms with Crippen LogP contribution in [0.5, 0.6) is 0 Å². The number of rotatable bonds is 5. The molecule has 0 fully saturated rings. The average Bonchev–Trinajstić information content (AvgIpc) is 3.36. The number of ether oxygens (including phenoxy) is 1. The fourth-order valence-electron chi connectivity index (χ4n) is 3.34. The van der Waals surface area contributed by atoms with Crippen molar-refractivity contribution in [2.24, 2.45) is 0 Å². The Hall–Kier alpha value is -3.04. The van der Waals surface area contributed by atoms with Gasteiger partial charge in [0.15, 0.2) is 0 Å². The third-order valence-corrected chi connectivity index (χ3v) is 6.46. The van der Waals surface area contributed by atoms with Gasteiger partial charge in [0.1, 0.15) is 16.4 Å². The second-order valence-corrected chi connectivity index (χ2v) is 8.40. The smallest absolute Gasteiger partial charge is 0.341 e. The topological polar surface area (TPSA) is 84.5 Å². The van der Waals surface area contributed by atoms with Crippen LogP contribution in [0.25, 0.3) is 10.4 Å². The molecule has 0 radical (unpaired) electrons. The molecule has 0 bridgehead atoms. The normalized spacial score (nSPS) is 15.3. The molecular formula is C21H17FN2O4S2.